The lowest BCUT2D eigenvalue weighted by atomic mass is 10.0. The maximum Gasteiger partial charge on any atom is 0.0235 e. The van der Waals surface area contributed by atoms with Crippen molar-refractivity contribution in [2.24, 2.45) is 0 Å². The van der Waals surface area contributed by atoms with Crippen LogP contribution in [0.3, 0.4) is 0 Å². The molecule has 16 heavy (non-hydrogen) atoms. The minimum Gasteiger partial charge on any atom is -0.311 e. The molecule has 0 aliphatic carbocycles. The molecule has 1 heterocycles. The van der Waals surface area contributed by atoms with Gasteiger partial charge in [-0.1, -0.05) is 28.1 Å². The molecule has 3 heteroatoms. The Kier molecular flexibility index (Phi) is 4.00. The second-order valence-electron chi connectivity index (χ2n) is 4.70. The van der Waals surface area contributed by atoms with Crippen LogP contribution in [0, 0.1) is 6.92 Å². The summed E-state index contributed by atoms with van der Waals surface area (Å²) >= 11 is 3.54. The molecule has 1 saturated heterocycles. The zero-order valence-corrected chi connectivity index (χ0v) is 11.5. The highest BCUT2D eigenvalue weighted by atomic mass is 79.9. The summed E-state index contributed by atoms with van der Waals surface area (Å²) in [6, 6.07) is 7.24. The number of nitrogens with zero attached hydrogens (tertiary/aromatic N) is 1. The summed E-state index contributed by atoms with van der Waals surface area (Å²) in [5, 5.41) is 3.58. The normalized spacial score (nSPS) is 22.3. The zero-order valence-electron chi connectivity index (χ0n) is 9.96. The maximum absolute atomic E-state index is 3.58. The molecule has 2 rings (SSSR count). The fourth-order valence-corrected chi connectivity index (χ4v) is 2.49. The summed E-state index contributed by atoms with van der Waals surface area (Å²) in [6.07, 6.45) is 1.12. The standard InChI is InChI=1S/C13H19BrN2/c1-10-7-11(3-4-13(10)14)8-12-9-16(2)6-5-15-12/h3-4,7,12,15H,5-6,8-9H2,1-2H3. The Morgan fingerprint density at radius 1 is 1.50 bits per heavy atom. The number of nitrogens with one attached hydrogen (secondary N) is 1. The molecule has 0 aromatic heterocycles. The summed E-state index contributed by atoms with van der Waals surface area (Å²) in [4.78, 5) is 2.40. The molecular formula is C13H19BrN2. The van der Waals surface area contributed by atoms with Gasteiger partial charge in [0.15, 0.2) is 0 Å². The van der Waals surface area contributed by atoms with Gasteiger partial charge in [-0.15, -0.1) is 0 Å². The molecule has 88 valence electrons. The molecule has 1 aliphatic rings. The van der Waals surface area contributed by atoms with E-state index >= 15 is 0 Å². The quantitative estimate of drug-likeness (QED) is 0.895. The van der Waals surface area contributed by atoms with Crippen molar-refractivity contribution in [1.82, 2.24) is 10.2 Å². The van der Waals surface area contributed by atoms with Crippen LogP contribution in [0.2, 0.25) is 0 Å². The van der Waals surface area contributed by atoms with Gasteiger partial charge in [0.1, 0.15) is 0 Å². The van der Waals surface area contributed by atoms with Crippen LogP contribution in [0.4, 0.5) is 0 Å². The Morgan fingerprint density at radius 2 is 2.31 bits per heavy atom. The molecule has 1 aromatic carbocycles. The summed E-state index contributed by atoms with van der Waals surface area (Å²) in [5.41, 5.74) is 2.75. The highest BCUT2D eigenvalue weighted by Gasteiger charge is 2.16. The molecule has 1 aromatic rings. The smallest absolute Gasteiger partial charge is 0.0235 e. The van der Waals surface area contributed by atoms with E-state index in [9.17, 15) is 0 Å². The van der Waals surface area contributed by atoms with E-state index < -0.39 is 0 Å². The van der Waals surface area contributed by atoms with Gasteiger partial charge in [0.25, 0.3) is 0 Å². The van der Waals surface area contributed by atoms with Gasteiger partial charge in [0, 0.05) is 30.1 Å². The van der Waals surface area contributed by atoms with Gasteiger partial charge in [0.2, 0.25) is 0 Å². The number of hydrogen-bond acceptors (Lipinski definition) is 2. The number of aryl methyl sites for hydroxylation is 1. The van der Waals surface area contributed by atoms with Crippen LogP contribution in [0.1, 0.15) is 11.1 Å². The predicted molar refractivity (Wildman–Crippen MR) is 71.9 cm³/mol. The maximum atomic E-state index is 3.58. The lowest BCUT2D eigenvalue weighted by Crippen LogP contribution is -2.49. The molecule has 1 unspecified atom stereocenters. The first-order valence-corrected chi connectivity index (χ1v) is 6.61. The van der Waals surface area contributed by atoms with Crippen molar-refractivity contribution in [3.63, 3.8) is 0 Å². The van der Waals surface area contributed by atoms with Gasteiger partial charge >= 0.3 is 0 Å². The Hall–Kier alpha value is -0.380. The lowest BCUT2D eigenvalue weighted by Gasteiger charge is -2.31. The Bertz CT molecular complexity index is 365. The fraction of sp³-hybridized carbons (Fsp3) is 0.538. The average molecular weight is 283 g/mol. The predicted octanol–water partition coefficient (Wildman–Crippen LogP) is 2.20. The Morgan fingerprint density at radius 3 is 3.00 bits per heavy atom. The molecule has 1 atom stereocenters. The second-order valence-corrected chi connectivity index (χ2v) is 5.56. The van der Waals surface area contributed by atoms with E-state index in [2.05, 4.69) is 58.3 Å². The number of hydrogen-bond donors (Lipinski definition) is 1. The molecule has 2 nitrogen and oxygen atoms in total. The summed E-state index contributed by atoms with van der Waals surface area (Å²) in [5.74, 6) is 0. The van der Waals surface area contributed by atoms with E-state index in [0.717, 1.165) is 26.1 Å². The molecule has 1 aliphatic heterocycles. The first-order valence-electron chi connectivity index (χ1n) is 5.82. The highest BCUT2D eigenvalue weighted by Crippen LogP contribution is 2.18. The van der Waals surface area contributed by atoms with Crippen LogP contribution < -0.4 is 5.32 Å². The molecule has 0 radical (unpaired) electrons. The largest absolute Gasteiger partial charge is 0.311 e. The molecule has 1 fully saturated rings. The van der Waals surface area contributed by atoms with Crippen molar-refractivity contribution in [3.05, 3.63) is 33.8 Å². The number of benzene rings is 1. The zero-order chi connectivity index (χ0) is 11.5. The van der Waals surface area contributed by atoms with E-state index in [1.165, 1.54) is 15.6 Å². The van der Waals surface area contributed by atoms with Crippen molar-refractivity contribution in [1.29, 1.82) is 0 Å². The average Bonchev–Trinajstić information content (AvgIpc) is 2.24. The topological polar surface area (TPSA) is 15.3 Å². The van der Waals surface area contributed by atoms with Crippen LogP contribution >= 0.6 is 15.9 Å². The number of likely N-dealkylation sites (N-methyl/N-ethyl adjacent to an activating group) is 1. The van der Waals surface area contributed by atoms with Crippen LogP contribution in [0.25, 0.3) is 0 Å². The molecule has 0 spiro atoms. The summed E-state index contributed by atoms with van der Waals surface area (Å²) in [7, 11) is 2.20. The minimum absolute atomic E-state index is 0.597. The molecule has 0 amide bonds. The van der Waals surface area contributed by atoms with Crippen LogP contribution in [-0.4, -0.2) is 37.6 Å². The van der Waals surface area contributed by atoms with Crippen molar-refractivity contribution in [2.45, 2.75) is 19.4 Å². The van der Waals surface area contributed by atoms with Crippen LogP contribution in [0.15, 0.2) is 22.7 Å². The van der Waals surface area contributed by atoms with E-state index in [1.807, 2.05) is 0 Å². The Labute approximate surface area is 106 Å². The van der Waals surface area contributed by atoms with Crippen molar-refractivity contribution in [3.8, 4) is 0 Å². The molecule has 1 N–H and O–H groups in total. The molecule has 0 saturated carbocycles. The van der Waals surface area contributed by atoms with Crippen molar-refractivity contribution < 1.29 is 0 Å². The van der Waals surface area contributed by atoms with Crippen LogP contribution in [0.5, 0.6) is 0 Å². The van der Waals surface area contributed by atoms with Gasteiger partial charge in [-0.25, -0.2) is 0 Å². The van der Waals surface area contributed by atoms with E-state index in [-0.39, 0.29) is 0 Å². The summed E-state index contributed by atoms with van der Waals surface area (Å²) < 4.78 is 1.20. The SMILES string of the molecule is Cc1cc(CC2CN(C)CCN2)ccc1Br. The Balaban J connectivity index is 2.00. The third-order valence-corrected chi connectivity index (χ3v) is 4.05. The third-order valence-electron chi connectivity index (χ3n) is 3.16. The number of halogens is 1. The second kappa shape index (κ2) is 5.30. The fourth-order valence-electron chi connectivity index (χ4n) is 2.25. The lowest BCUT2D eigenvalue weighted by molar-refractivity contribution is 0.238. The van der Waals surface area contributed by atoms with Gasteiger partial charge in [-0.05, 0) is 37.6 Å². The van der Waals surface area contributed by atoms with Gasteiger partial charge in [0.05, 0.1) is 0 Å². The third kappa shape index (κ3) is 3.06. The van der Waals surface area contributed by atoms with E-state index in [1.54, 1.807) is 0 Å². The van der Waals surface area contributed by atoms with Gasteiger partial charge < -0.3 is 10.2 Å². The van der Waals surface area contributed by atoms with Crippen molar-refractivity contribution in [2.75, 3.05) is 26.7 Å². The number of rotatable bonds is 2. The summed E-state index contributed by atoms with van der Waals surface area (Å²) in [6.45, 7) is 5.57. The monoisotopic (exact) mass is 282 g/mol. The van der Waals surface area contributed by atoms with Crippen LogP contribution in [-0.2, 0) is 6.42 Å². The first-order chi connectivity index (χ1) is 7.65. The highest BCUT2D eigenvalue weighted by molar-refractivity contribution is 9.10. The van der Waals surface area contributed by atoms with Crippen molar-refractivity contribution >= 4 is 15.9 Å². The van der Waals surface area contributed by atoms with Gasteiger partial charge in [-0.3, -0.25) is 0 Å². The minimum atomic E-state index is 0.597. The number of piperazine rings is 1. The van der Waals surface area contributed by atoms with E-state index in [4.69, 9.17) is 0 Å². The van der Waals surface area contributed by atoms with Gasteiger partial charge in [-0.2, -0.15) is 0 Å². The molecular weight excluding hydrogens is 264 g/mol. The molecule has 0 bridgehead atoms. The van der Waals surface area contributed by atoms with E-state index in [0.29, 0.717) is 6.04 Å². The first kappa shape index (κ1) is 12.1.